The standard InChI is InChI=1S/C31H40N2O3/c1-4-6-8-9-21-35-28-16-14-26(15-17-28)31-32-22-27(23-33-31)25-12-18-29(19-13-25)36-30(34)20-11-24(3)10-7-5-2/h12-19,22-24H,4-11,20-21H2,1-3H3. The van der Waals surface area contributed by atoms with Crippen molar-refractivity contribution in [2.45, 2.75) is 78.6 Å². The van der Waals surface area contributed by atoms with Crippen LogP contribution in [0.25, 0.3) is 22.5 Å². The Bertz CT molecular complexity index is 1030. The van der Waals surface area contributed by atoms with E-state index in [4.69, 9.17) is 9.47 Å². The fraction of sp³-hybridized carbons (Fsp3) is 0.452. The average molecular weight is 489 g/mol. The van der Waals surface area contributed by atoms with Crippen LogP contribution in [0.2, 0.25) is 0 Å². The lowest BCUT2D eigenvalue weighted by molar-refractivity contribution is -0.134. The first-order chi connectivity index (χ1) is 17.6. The minimum absolute atomic E-state index is 0.174. The van der Waals surface area contributed by atoms with Crippen LogP contribution in [0.5, 0.6) is 11.5 Å². The lowest BCUT2D eigenvalue weighted by atomic mass is 9.99. The van der Waals surface area contributed by atoms with Crippen molar-refractivity contribution in [1.29, 1.82) is 0 Å². The van der Waals surface area contributed by atoms with Gasteiger partial charge in [-0.05, 0) is 60.7 Å². The molecule has 0 radical (unpaired) electrons. The van der Waals surface area contributed by atoms with Gasteiger partial charge in [0.05, 0.1) is 6.61 Å². The zero-order valence-electron chi connectivity index (χ0n) is 22.0. The van der Waals surface area contributed by atoms with Gasteiger partial charge in [0.25, 0.3) is 0 Å². The number of carbonyl (C=O) groups excluding carboxylic acids is 1. The van der Waals surface area contributed by atoms with Gasteiger partial charge in [-0.1, -0.05) is 71.4 Å². The fourth-order valence-corrected chi connectivity index (χ4v) is 4.00. The molecule has 0 aliphatic heterocycles. The van der Waals surface area contributed by atoms with Crippen molar-refractivity contribution in [2.24, 2.45) is 5.92 Å². The molecule has 1 atom stereocenters. The number of hydrogen-bond acceptors (Lipinski definition) is 5. The highest BCUT2D eigenvalue weighted by molar-refractivity contribution is 5.73. The van der Waals surface area contributed by atoms with Crippen LogP contribution in [-0.4, -0.2) is 22.5 Å². The largest absolute Gasteiger partial charge is 0.494 e. The minimum Gasteiger partial charge on any atom is -0.494 e. The minimum atomic E-state index is -0.174. The molecule has 0 saturated carbocycles. The predicted molar refractivity (Wildman–Crippen MR) is 146 cm³/mol. The van der Waals surface area contributed by atoms with E-state index < -0.39 is 0 Å². The Balaban J connectivity index is 1.49. The van der Waals surface area contributed by atoms with Crippen molar-refractivity contribution in [3.8, 4) is 34.0 Å². The monoisotopic (exact) mass is 488 g/mol. The third kappa shape index (κ3) is 9.10. The molecule has 3 rings (SSSR count). The number of nitrogens with zero attached hydrogens (tertiary/aromatic N) is 2. The molecule has 5 nitrogen and oxygen atoms in total. The van der Waals surface area contributed by atoms with Crippen LogP contribution in [0.1, 0.15) is 78.6 Å². The van der Waals surface area contributed by atoms with Crippen molar-refractivity contribution < 1.29 is 14.3 Å². The Hall–Kier alpha value is -3.21. The molecule has 0 amide bonds. The van der Waals surface area contributed by atoms with Gasteiger partial charge < -0.3 is 9.47 Å². The SMILES string of the molecule is CCCCCCOc1ccc(-c2ncc(-c3ccc(OC(=O)CCC(C)CCCC)cc3)cn2)cc1. The topological polar surface area (TPSA) is 61.3 Å². The predicted octanol–water partition coefficient (Wildman–Crippen LogP) is 8.28. The molecule has 36 heavy (non-hydrogen) atoms. The summed E-state index contributed by atoms with van der Waals surface area (Å²) < 4.78 is 11.3. The normalized spacial score (nSPS) is 11.8. The molecule has 2 aromatic carbocycles. The smallest absolute Gasteiger partial charge is 0.311 e. The summed E-state index contributed by atoms with van der Waals surface area (Å²) >= 11 is 0. The first-order valence-electron chi connectivity index (χ1n) is 13.5. The number of hydrogen-bond donors (Lipinski definition) is 0. The Morgan fingerprint density at radius 3 is 2.06 bits per heavy atom. The second kappa shape index (κ2) is 15.0. The van der Waals surface area contributed by atoms with Crippen molar-refractivity contribution in [3.05, 3.63) is 60.9 Å². The van der Waals surface area contributed by atoms with Crippen LogP contribution in [0, 0.1) is 5.92 Å². The van der Waals surface area contributed by atoms with Gasteiger partial charge in [0.2, 0.25) is 0 Å². The molecule has 1 unspecified atom stereocenters. The number of carbonyl (C=O) groups is 1. The Morgan fingerprint density at radius 1 is 0.750 bits per heavy atom. The van der Waals surface area contributed by atoms with Crippen LogP contribution in [-0.2, 0) is 4.79 Å². The fourth-order valence-electron chi connectivity index (χ4n) is 4.00. The van der Waals surface area contributed by atoms with E-state index in [1.165, 1.54) is 32.1 Å². The summed E-state index contributed by atoms with van der Waals surface area (Å²) in [4.78, 5) is 21.3. The summed E-state index contributed by atoms with van der Waals surface area (Å²) in [6.07, 6.45) is 13.3. The van der Waals surface area contributed by atoms with Gasteiger partial charge in [-0.2, -0.15) is 0 Å². The van der Waals surface area contributed by atoms with Crippen LogP contribution in [0.4, 0.5) is 0 Å². The van der Waals surface area contributed by atoms with Gasteiger partial charge in [0.1, 0.15) is 11.5 Å². The van der Waals surface area contributed by atoms with E-state index in [1.54, 1.807) is 0 Å². The number of rotatable bonds is 15. The van der Waals surface area contributed by atoms with Crippen LogP contribution in [0.3, 0.4) is 0 Å². The Labute approximate surface area is 216 Å². The van der Waals surface area contributed by atoms with Gasteiger partial charge in [0.15, 0.2) is 5.82 Å². The summed E-state index contributed by atoms with van der Waals surface area (Å²) in [5.41, 5.74) is 2.83. The van der Waals surface area contributed by atoms with E-state index in [9.17, 15) is 4.79 Å². The summed E-state index contributed by atoms with van der Waals surface area (Å²) in [7, 11) is 0. The van der Waals surface area contributed by atoms with Crippen LogP contribution in [0.15, 0.2) is 60.9 Å². The van der Waals surface area contributed by atoms with E-state index in [0.29, 0.717) is 23.9 Å². The highest BCUT2D eigenvalue weighted by Crippen LogP contribution is 2.25. The van der Waals surface area contributed by atoms with E-state index in [2.05, 4.69) is 30.7 Å². The third-order valence-corrected chi connectivity index (χ3v) is 6.34. The van der Waals surface area contributed by atoms with Gasteiger partial charge in [-0.3, -0.25) is 4.79 Å². The molecular formula is C31H40N2O3. The lowest BCUT2D eigenvalue weighted by Gasteiger charge is -2.10. The first-order valence-corrected chi connectivity index (χ1v) is 13.5. The highest BCUT2D eigenvalue weighted by Gasteiger charge is 2.10. The molecule has 0 aliphatic carbocycles. The van der Waals surface area contributed by atoms with Gasteiger partial charge in [-0.25, -0.2) is 9.97 Å². The van der Waals surface area contributed by atoms with Gasteiger partial charge >= 0.3 is 5.97 Å². The molecule has 0 aliphatic rings. The zero-order valence-corrected chi connectivity index (χ0v) is 22.0. The molecule has 0 fully saturated rings. The summed E-state index contributed by atoms with van der Waals surface area (Å²) in [5, 5.41) is 0. The summed E-state index contributed by atoms with van der Waals surface area (Å²) in [6, 6.07) is 15.4. The number of unbranched alkanes of at least 4 members (excludes halogenated alkanes) is 4. The number of ether oxygens (including phenoxy) is 2. The van der Waals surface area contributed by atoms with Crippen LogP contribution < -0.4 is 9.47 Å². The molecule has 192 valence electrons. The lowest BCUT2D eigenvalue weighted by Crippen LogP contribution is -2.09. The Morgan fingerprint density at radius 2 is 1.39 bits per heavy atom. The van der Waals surface area contributed by atoms with E-state index in [-0.39, 0.29) is 5.97 Å². The second-order valence-electron chi connectivity index (χ2n) is 9.51. The maximum absolute atomic E-state index is 12.2. The third-order valence-electron chi connectivity index (χ3n) is 6.34. The van der Waals surface area contributed by atoms with Gasteiger partial charge in [-0.15, -0.1) is 0 Å². The zero-order chi connectivity index (χ0) is 25.6. The molecular weight excluding hydrogens is 448 g/mol. The first kappa shape index (κ1) is 27.4. The highest BCUT2D eigenvalue weighted by atomic mass is 16.5. The second-order valence-corrected chi connectivity index (χ2v) is 9.51. The number of aromatic nitrogens is 2. The van der Waals surface area contributed by atoms with E-state index >= 15 is 0 Å². The van der Waals surface area contributed by atoms with Crippen molar-refractivity contribution in [1.82, 2.24) is 9.97 Å². The van der Waals surface area contributed by atoms with Crippen LogP contribution >= 0.6 is 0 Å². The molecule has 0 saturated heterocycles. The summed E-state index contributed by atoms with van der Waals surface area (Å²) in [5.74, 6) is 2.49. The molecule has 3 aromatic rings. The molecule has 0 spiro atoms. The van der Waals surface area contributed by atoms with Crippen molar-refractivity contribution in [2.75, 3.05) is 6.61 Å². The quantitative estimate of drug-likeness (QED) is 0.122. The molecule has 0 bridgehead atoms. The van der Waals surface area contributed by atoms with Gasteiger partial charge in [0, 0.05) is 29.9 Å². The van der Waals surface area contributed by atoms with E-state index in [1.807, 2.05) is 60.9 Å². The number of esters is 1. The molecule has 0 N–H and O–H groups in total. The van der Waals surface area contributed by atoms with Crippen molar-refractivity contribution >= 4 is 5.97 Å². The molecule has 1 aromatic heterocycles. The molecule has 5 heteroatoms. The number of benzene rings is 2. The summed E-state index contributed by atoms with van der Waals surface area (Å²) in [6.45, 7) is 7.35. The maximum Gasteiger partial charge on any atom is 0.311 e. The van der Waals surface area contributed by atoms with Crippen molar-refractivity contribution in [3.63, 3.8) is 0 Å². The molecule has 1 heterocycles. The maximum atomic E-state index is 12.2. The average Bonchev–Trinajstić information content (AvgIpc) is 2.91. The Kier molecular flexibility index (Phi) is 11.4. The van der Waals surface area contributed by atoms with E-state index in [0.717, 1.165) is 48.3 Å².